The number of carbonyl (C=O) groups excluding carboxylic acids is 11. The smallest absolute Gasteiger partial charge is 0.245 e. The molecule has 0 bridgehead atoms. The Labute approximate surface area is 552 Å². The van der Waals surface area contributed by atoms with Gasteiger partial charge in [0.25, 0.3) is 0 Å². The Hall–Kier alpha value is -10.8. The number of aliphatic hydroxyl groups is 1. The number of aliphatic imine (C=N–C) groups is 1. The van der Waals surface area contributed by atoms with Gasteiger partial charge < -0.3 is 95.1 Å². The first-order valence-corrected chi connectivity index (χ1v) is 30.8. The fourth-order valence-corrected chi connectivity index (χ4v) is 11.3. The molecule has 11 amide bonds. The van der Waals surface area contributed by atoms with Crippen molar-refractivity contribution in [2.75, 3.05) is 26.2 Å². The molecule has 2 aliphatic heterocycles. The summed E-state index contributed by atoms with van der Waals surface area (Å²) in [5.74, 6) is -12.5. The average molecular weight is 1320 g/mol. The number of likely N-dealkylation sites (tertiary alicyclic amines) is 1. The van der Waals surface area contributed by atoms with Crippen LogP contribution >= 0.6 is 0 Å². The highest BCUT2D eigenvalue weighted by molar-refractivity contribution is 6.00. The minimum atomic E-state index is -3.01. The number of primary amides is 1. The summed E-state index contributed by atoms with van der Waals surface area (Å²) in [4.78, 5) is 173. The first kappa shape index (κ1) is 62.9. The molecule has 2 fully saturated rings. The molecule has 0 radical (unpaired) electrons. The first-order chi connectivity index (χ1) is 47.5. The summed E-state index contributed by atoms with van der Waals surface area (Å²) in [6, 6.07) is 5.66. The number of H-pyrrole nitrogens is 3. The van der Waals surface area contributed by atoms with E-state index in [1.165, 1.54) is 43.7 Å². The van der Waals surface area contributed by atoms with Gasteiger partial charge in [-0.25, -0.2) is 4.98 Å². The third-order valence-electron chi connectivity index (χ3n) is 16.1. The molecule has 3 aromatic heterocycles. The van der Waals surface area contributed by atoms with Gasteiger partial charge in [0.2, 0.25) is 65.0 Å². The van der Waals surface area contributed by atoms with E-state index in [0.29, 0.717) is 44.2 Å². The number of aromatic amines is 3. The lowest BCUT2D eigenvalue weighted by Crippen LogP contribution is -2.61. The number of para-hydroxylation sites is 2. The zero-order valence-corrected chi connectivity index (χ0v) is 51.9. The number of aliphatic hydroxyl groups excluding tert-OH is 1. The number of hydrogen-bond acceptors (Lipinski definition) is 15. The van der Waals surface area contributed by atoms with Crippen LogP contribution in [0.3, 0.4) is 0 Å². The second kappa shape index (κ2) is 33.1. The van der Waals surface area contributed by atoms with Gasteiger partial charge in [-0.2, -0.15) is 0 Å². The summed E-state index contributed by atoms with van der Waals surface area (Å²) < 4.78 is 40.6. The maximum atomic E-state index is 15.2. The number of carbonyl (C=O) groups is 11. The van der Waals surface area contributed by atoms with Crippen LogP contribution in [0, 0.1) is 5.92 Å². The van der Waals surface area contributed by atoms with Gasteiger partial charge in [-0.3, -0.25) is 57.7 Å². The molecule has 10 atom stereocenters. The fraction of sp³-hybridized carbons (Fsp3) is 0.422. The van der Waals surface area contributed by atoms with Crippen molar-refractivity contribution in [3.05, 3.63) is 120 Å². The Kier molecular flexibility index (Phi) is 21.9. The topological polar surface area (TPSA) is 490 Å². The Morgan fingerprint density at radius 2 is 1.23 bits per heavy atom. The first-order valence-electron chi connectivity index (χ1n) is 33.3. The van der Waals surface area contributed by atoms with Gasteiger partial charge in [-0.05, 0) is 85.4 Å². The van der Waals surface area contributed by atoms with Gasteiger partial charge in [0, 0.05) is 95.4 Å². The van der Waals surface area contributed by atoms with Gasteiger partial charge in [-0.15, -0.1) is 0 Å². The highest BCUT2D eigenvalue weighted by atomic mass is 16.3. The molecule has 506 valence electrons. The number of aromatic nitrogens is 4. The third kappa shape index (κ3) is 19.6. The number of imidazole rings is 1. The van der Waals surface area contributed by atoms with Crippen molar-refractivity contribution in [2.24, 2.45) is 28.1 Å². The summed E-state index contributed by atoms with van der Waals surface area (Å²) in [6.45, 7) is -5.67. The lowest BCUT2D eigenvalue weighted by Gasteiger charge is -2.30. The molecular formula is C64H82N18O13. The van der Waals surface area contributed by atoms with Crippen LogP contribution in [-0.2, 0) is 78.4 Å². The number of hydrogen-bond donors (Lipinski definition) is 17. The van der Waals surface area contributed by atoms with Crippen molar-refractivity contribution < 1.29 is 69.8 Å². The zero-order valence-electron chi connectivity index (χ0n) is 56.9. The number of guanidine groups is 1. The van der Waals surface area contributed by atoms with Crippen molar-refractivity contribution in [1.82, 2.24) is 72.7 Å². The van der Waals surface area contributed by atoms with Crippen LogP contribution in [-0.4, -0.2) is 187 Å². The Morgan fingerprint density at radius 3 is 1.78 bits per heavy atom. The maximum absolute atomic E-state index is 15.2. The van der Waals surface area contributed by atoms with Crippen molar-refractivity contribution in [3.63, 3.8) is 0 Å². The standard InChI is InChI=1S/C64H82N18O13/c1-34(2)23-46(56(88)75-45(13-7-21-69-64(66)67)63(95)82-22-8-14-52(82)62(94)72-31-53(65)85)76-58(90)48(25-36-28-70-42-11-5-3-9-40(36)42)78-57(89)47(24-35-15-17-39(84)18-16-35)77-61(93)51(32-83)81-59(91)49(26-37-29-71-43-12-6-4-10-41(37)43)79-60(92)50(27-38-30-68-33-73-38)80-55(87)44-19-20-54(86)74-44/h3-6,9-12,15-18,28-30,33-34,44-52,70-71,83-84H,7-8,13-14,19-27,31-32H2,1-2H3,(H2,65,85)(H,68,73)(H,72,94)(H,74,86)(H,75,88)(H,76,90)(H,77,93)(H,78,89)(H,79,92)(H,80,87)(H,81,91)(H4,66,67,69)/t44-,45-,46-,47-,48+,49-,50-,51-,52-/m0/s1/i1D3,31D2/t34?,44-,45-,46-,47-,48+,49-,50-,51-,52-. The number of phenolic OH excluding ortho intramolecular Hbond substituents is 1. The van der Waals surface area contributed by atoms with E-state index in [1.807, 2.05) is 5.32 Å². The third-order valence-corrected chi connectivity index (χ3v) is 16.1. The quantitative estimate of drug-likeness (QED) is 0.0117. The zero-order chi connectivity index (χ0) is 72.6. The van der Waals surface area contributed by atoms with Crippen molar-refractivity contribution in [3.8, 4) is 5.75 Å². The number of phenols is 1. The molecule has 20 N–H and O–H groups in total. The summed E-state index contributed by atoms with van der Waals surface area (Å²) in [6.07, 6.45) is 4.56. The summed E-state index contributed by atoms with van der Waals surface area (Å²) in [5, 5.41) is 45.2. The maximum Gasteiger partial charge on any atom is 0.245 e. The van der Waals surface area contributed by atoms with Crippen LogP contribution in [0.5, 0.6) is 5.75 Å². The molecule has 31 heteroatoms. The van der Waals surface area contributed by atoms with Gasteiger partial charge in [0.1, 0.15) is 60.1 Å². The highest BCUT2D eigenvalue weighted by Gasteiger charge is 2.40. The Morgan fingerprint density at radius 1 is 0.684 bits per heavy atom. The largest absolute Gasteiger partial charge is 0.508 e. The molecule has 31 nitrogen and oxygen atoms in total. The number of benzene rings is 3. The molecule has 95 heavy (non-hydrogen) atoms. The average Bonchev–Trinajstić information content (AvgIpc) is 1.62. The number of aromatic hydroxyl groups is 1. The summed E-state index contributed by atoms with van der Waals surface area (Å²) >= 11 is 0. The molecule has 6 aromatic rings. The SMILES string of the molecule is [2H]C([2H])(NC(=O)[C@@H]1CCCN1C(=O)[C@H](CCCN=C(N)N)NC(=O)[C@H](CC(C)C([2H])([2H])[2H])NC(=O)[C@@H](Cc1c[nH]c2ccccc12)NC(=O)[C@H](Cc1ccc(O)cc1)NC(=O)[C@H](CO)NC(=O)[C@H](Cc1c[nH]c2ccccc12)NC(=O)[C@H](Cc1cnc[nH]1)NC(=O)[C@@H]1CCC(=O)N1)C(N)=O. The molecule has 3 aromatic carbocycles. The molecule has 0 spiro atoms. The second-order valence-electron chi connectivity index (χ2n) is 23.3. The van der Waals surface area contributed by atoms with Crippen LogP contribution in [0.15, 0.2) is 103 Å². The molecule has 2 saturated heterocycles. The summed E-state index contributed by atoms with van der Waals surface area (Å²) in [7, 11) is 0. The van der Waals surface area contributed by atoms with Gasteiger partial charge in [0.05, 0.1) is 22.2 Å². The molecule has 1 unspecified atom stereocenters. The van der Waals surface area contributed by atoms with E-state index in [1.54, 1.807) is 60.9 Å². The molecule has 2 aliphatic rings. The van der Waals surface area contributed by atoms with Crippen LogP contribution in [0.4, 0.5) is 0 Å². The van der Waals surface area contributed by atoms with Crippen LogP contribution in [0.2, 0.25) is 0 Å². The van der Waals surface area contributed by atoms with Crippen molar-refractivity contribution >= 4 is 92.7 Å². The number of nitrogens with zero attached hydrogens (tertiary/aromatic N) is 3. The lowest BCUT2D eigenvalue weighted by molar-refractivity contribution is -0.142. The van der Waals surface area contributed by atoms with E-state index >= 15 is 9.59 Å². The predicted octanol–water partition coefficient (Wildman–Crippen LogP) is -2.29. The minimum Gasteiger partial charge on any atom is -0.508 e. The lowest BCUT2D eigenvalue weighted by atomic mass is 9.99. The Bertz CT molecular complexity index is 3980. The van der Waals surface area contributed by atoms with E-state index in [4.69, 9.17) is 24.1 Å². The van der Waals surface area contributed by atoms with Gasteiger partial charge in [-0.1, -0.05) is 62.3 Å². The highest BCUT2D eigenvalue weighted by Crippen LogP contribution is 2.24. The van der Waals surface area contributed by atoms with E-state index < -0.39 is 146 Å². The number of amides is 11. The molecule has 5 heterocycles. The fourth-order valence-electron chi connectivity index (χ4n) is 11.3. The van der Waals surface area contributed by atoms with E-state index in [2.05, 4.69) is 67.5 Å². The second-order valence-corrected chi connectivity index (χ2v) is 23.3. The monoisotopic (exact) mass is 1320 g/mol. The molecular weight excluding hydrogens is 1230 g/mol. The molecule has 0 saturated carbocycles. The molecule has 0 aliphatic carbocycles. The Balaban J connectivity index is 1.08. The van der Waals surface area contributed by atoms with E-state index in [-0.39, 0.29) is 94.9 Å². The van der Waals surface area contributed by atoms with Crippen LogP contribution < -0.4 is 65.1 Å². The summed E-state index contributed by atoms with van der Waals surface area (Å²) in [5.41, 5.74) is 19.3. The van der Waals surface area contributed by atoms with Crippen molar-refractivity contribution in [2.45, 2.75) is 139 Å². The van der Waals surface area contributed by atoms with E-state index in [0.717, 1.165) is 4.90 Å². The number of fused-ring (bicyclic) bond motifs is 2. The van der Waals surface area contributed by atoms with Gasteiger partial charge in [0.15, 0.2) is 5.96 Å². The number of nitrogens with one attached hydrogen (secondary N) is 12. The molecule has 8 rings (SSSR count). The van der Waals surface area contributed by atoms with E-state index in [9.17, 15) is 53.4 Å². The van der Waals surface area contributed by atoms with Crippen LogP contribution in [0.1, 0.15) is 88.0 Å². The predicted molar refractivity (Wildman–Crippen MR) is 346 cm³/mol. The van der Waals surface area contributed by atoms with Gasteiger partial charge >= 0.3 is 0 Å². The number of rotatable bonds is 33. The normalized spacial score (nSPS) is 18.0. The van der Waals surface area contributed by atoms with Crippen molar-refractivity contribution in [1.29, 1.82) is 0 Å². The number of nitrogens with two attached hydrogens (primary N) is 3. The minimum absolute atomic E-state index is 0.0107. The van der Waals surface area contributed by atoms with Crippen LogP contribution in [0.25, 0.3) is 21.8 Å².